The molecule has 1 saturated carbocycles. The average molecular weight is 186 g/mol. The monoisotopic (exact) mass is 186 g/mol. The first-order valence-corrected chi connectivity index (χ1v) is 5.28. The SMILES string of the molecule is COC(C1CCCCC1)C(C)NN. The smallest absolute Gasteiger partial charge is 0.0763 e. The van der Waals surface area contributed by atoms with Gasteiger partial charge in [0.25, 0.3) is 0 Å². The first-order valence-electron chi connectivity index (χ1n) is 5.28. The number of hydrazine groups is 1. The third-order valence-electron chi connectivity index (χ3n) is 3.14. The van der Waals surface area contributed by atoms with Crippen LogP contribution >= 0.6 is 0 Å². The van der Waals surface area contributed by atoms with Crippen LogP contribution in [0.2, 0.25) is 0 Å². The molecule has 78 valence electrons. The molecule has 0 aliphatic heterocycles. The third-order valence-corrected chi connectivity index (χ3v) is 3.14. The summed E-state index contributed by atoms with van der Waals surface area (Å²) >= 11 is 0. The highest BCUT2D eigenvalue weighted by Crippen LogP contribution is 2.28. The lowest BCUT2D eigenvalue weighted by Crippen LogP contribution is -2.46. The molecular formula is C10H22N2O. The number of nitrogens with one attached hydrogen (secondary N) is 1. The fourth-order valence-electron chi connectivity index (χ4n) is 2.36. The molecule has 0 amide bonds. The Bertz CT molecular complexity index is 135. The van der Waals surface area contributed by atoms with Gasteiger partial charge in [-0.3, -0.25) is 11.3 Å². The molecule has 0 radical (unpaired) electrons. The van der Waals surface area contributed by atoms with Crippen molar-refractivity contribution in [3.05, 3.63) is 0 Å². The molecule has 0 spiro atoms. The van der Waals surface area contributed by atoms with Crippen LogP contribution in [-0.4, -0.2) is 19.3 Å². The minimum absolute atomic E-state index is 0.257. The van der Waals surface area contributed by atoms with Crippen LogP contribution < -0.4 is 11.3 Å². The predicted octanol–water partition coefficient (Wildman–Crippen LogP) is 1.43. The Labute approximate surface area is 81.0 Å². The Morgan fingerprint density at radius 3 is 2.38 bits per heavy atom. The number of rotatable bonds is 4. The third kappa shape index (κ3) is 2.93. The molecule has 0 aromatic rings. The van der Waals surface area contributed by atoms with E-state index in [1.165, 1.54) is 32.1 Å². The van der Waals surface area contributed by atoms with Gasteiger partial charge < -0.3 is 4.74 Å². The van der Waals surface area contributed by atoms with Crippen molar-refractivity contribution in [1.29, 1.82) is 0 Å². The first kappa shape index (κ1) is 11.0. The number of hydrogen-bond acceptors (Lipinski definition) is 3. The van der Waals surface area contributed by atoms with Crippen molar-refractivity contribution in [3.63, 3.8) is 0 Å². The second-order valence-electron chi connectivity index (χ2n) is 4.05. The van der Waals surface area contributed by atoms with Gasteiger partial charge >= 0.3 is 0 Å². The van der Waals surface area contributed by atoms with Gasteiger partial charge in [-0.1, -0.05) is 19.3 Å². The van der Waals surface area contributed by atoms with Crippen LogP contribution in [-0.2, 0) is 4.74 Å². The highest BCUT2D eigenvalue weighted by Gasteiger charge is 2.27. The zero-order valence-electron chi connectivity index (χ0n) is 8.75. The Balaban J connectivity index is 2.43. The lowest BCUT2D eigenvalue weighted by atomic mass is 9.83. The van der Waals surface area contributed by atoms with E-state index in [-0.39, 0.29) is 12.1 Å². The van der Waals surface area contributed by atoms with E-state index in [9.17, 15) is 0 Å². The molecule has 0 bridgehead atoms. The molecular weight excluding hydrogens is 164 g/mol. The quantitative estimate of drug-likeness (QED) is 0.516. The van der Waals surface area contributed by atoms with Gasteiger partial charge in [0.05, 0.1) is 6.10 Å². The van der Waals surface area contributed by atoms with E-state index >= 15 is 0 Å². The topological polar surface area (TPSA) is 47.3 Å². The van der Waals surface area contributed by atoms with E-state index in [1.54, 1.807) is 7.11 Å². The van der Waals surface area contributed by atoms with Gasteiger partial charge in [0.15, 0.2) is 0 Å². The zero-order valence-corrected chi connectivity index (χ0v) is 8.75. The zero-order chi connectivity index (χ0) is 9.68. The summed E-state index contributed by atoms with van der Waals surface area (Å²) in [5.41, 5.74) is 2.79. The Morgan fingerprint density at radius 2 is 1.92 bits per heavy atom. The maximum Gasteiger partial charge on any atom is 0.0763 e. The molecule has 0 heterocycles. The molecule has 2 unspecified atom stereocenters. The number of hydrogen-bond donors (Lipinski definition) is 2. The van der Waals surface area contributed by atoms with Crippen molar-refractivity contribution in [2.24, 2.45) is 11.8 Å². The molecule has 1 aliphatic rings. The molecule has 0 aromatic heterocycles. The van der Waals surface area contributed by atoms with Crippen molar-refractivity contribution in [3.8, 4) is 0 Å². The Hall–Kier alpha value is -0.120. The summed E-state index contributed by atoms with van der Waals surface area (Å²) < 4.78 is 5.50. The molecule has 1 rings (SSSR count). The molecule has 1 aliphatic carbocycles. The van der Waals surface area contributed by atoms with Crippen molar-refractivity contribution < 1.29 is 4.74 Å². The van der Waals surface area contributed by atoms with Crippen LogP contribution in [0.5, 0.6) is 0 Å². The van der Waals surface area contributed by atoms with Crippen molar-refractivity contribution in [2.45, 2.75) is 51.2 Å². The van der Waals surface area contributed by atoms with Crippen LogP contribution in [0, 0.1) is 5.92 Å². The molecule has 1 fully saturated rings. The van der Waals surface area contributed by atoms with Crippen molar-refractivity contribution in [2.75, 3.05) is 7.11 Å². The molecule has 0 aromatic carbocycles. The Kier molecular flexibility index (Phi) is 4.70. The normalized spacial score (nSPS) is 24.2. The second-order valence-corrected chi connectivity index (χ2v) is 4.05. The van der Waals surface area contributed by atoms with Gasteiger partial charge in [0.1, 0.15) is 0 Å². The molecule has 13 heavy (non-hydrogen) atoms. The number of ether oxygens (including phenoxy) is 1. The molecule has 3 N–H and O–H groups in total. The summed E-state index contributed by atoms with van der Waals surface area (Å²) in [6, 6.07) is 0.257. The van der Waals surface area contributed by atoms with Gasteiger partial charge in [-0.05, 0) is 25.7 Å². The fraction of sp³-hybridized carbons (Fsp3) is 1.00. The van der Waals surface area contributed by atoms with Crippen LogP contribution in [0.4, 0.5) is 0 Å². The van der Waals surface area contributed by atoms with E-state index in [1.807, 2.05) is 0 Å². The van der Waals surface area contributed by atoms with E-state index in [4.69, 9.17) is 10.6 Å². The standard InChI is InChI=1S/C10H22N2O/c1-8(12-11)10(13-2)9-6-4-3-5-7-9/h8-10,12H,3-7,11H2,1-2H3. The Morgan fingerprint density at radius 1 is 1.31 bits per heavy atom. The van der Waals surface area contributed by atoms with E-state index in [2.05, 4.69) is 12.3 Å². The fourth-order valence-corrected chi connectivity index (χ4v) is 2.36. The summed E-state index contributed by atoms with van der Waals surface area (Å²) in [4.78, 5) is 0. The highest BCUT2D eigenvalue weighted by atomic mass is 16.5. The predicted molar refractivity (Wildman–Crippen MR) is 54.2 cm³/mol. The minimum Gasteiger partial charge on any atom is -0.380 e. The summed E-state index contributed by atoms with van der Waals surface area (Å²) in [5.74, 6) is 6.12. The largest absolute Gasteiger partial charge is 0.380 e. The van der Waals surface area contributed by atoms with Crippen LogP contribution in [0.15, 0.2) is 0 Å². The first-order chi connectivity index (χ1) is 6.29. The lowest BCUT2D eigenvalue weighted by Gasteiger charge is -2.32. The summed E-state index contributed by atoms with van der Waals surface area (Å²) in [5, 5.41) is 0. The van der Waals surface area contributed by atoms with Crippen molar-refractivity contribution in [1.82, 2.24) is 5.43 Å². The summed E-state index contributed by atoms with van der Waals surface area (Å²) in [7, 11) is 1.78. The van der Waals surface area contributed by atoms with E-state index in [0.29, 0.717) is 5.92 Å². The van der Waals surface area contributed by atoms with Crippen LogP contribution in [0.1, 0.15) is 39.0 Å². The summed E-state index contributed by atoms with van der Waals surface area (Å²) in [6.07, 6.45) is 6.96. The molecule has 3 heteroatoms. The van der Waals surface area contributed by atoms with Gasteiger partial charge in [0.2, 0.25) is 0 Å². The average Bonchev–Trinajstić information content (AvgIpc) is 2.20. The lowest BCUT2D eigenvalue weighted by molar-refractivity contribution is 0.0128. The second kappa shape index (κ2) is 5.58. The van der Waals surface area contributed by atoms with Crippen LogP contribution in [0.25, 0.3) is 0 Å². The van der Waals surface area contributed by atoms with E-state index in [0.717, 1.165) is 0 Å². The molecule has 3 nitrogen and oxygen atoms in total. The number of methoxy groups -OCH3 is 1. The van der Waals surface area contributed by atoms with Gasteiger partial charge in [-0.25, -0.2) is 0 Å². The van der Waals surface area contributed by atoms with Gasteiger partial charge in [0, 0.05) is 13.2 Å². The summed E-state index contributed by atoms with van der Waals surface area (Å²) in [6.45, 7) is 2.09. The molecule has 0 saturated heterocycles. The maximum atomic E-state index is 5.50. The maximum absolute atomic E-state index is 5.50. The molecule has 2 atom stereocenters. The van der Waals surface area contributed by atoms with Crippen molar-refractivity contribution >= 4 is 0 Å². The van der Waals surface area contributed by atoms with Crippen LogP contribution in [0.3, 0.4) is 0 Å². The van der Waals surface area contributed by atoms with Gasteiger partial charge in [-0.2, -0.15) is 0 Å². The van der Waals surface area contributed by atoms with Gasteiger partial charge in [-0.15, -0.1) is 0 Å². The highest BCUT2D eigenvalue weighted by molar-refractivity contribution is 4.80. The number of nitrogens with two attached hydrogens (primary N) is 1. The van der Waals surface area contributed by atoms with E-state index < -0.39 is 0 Å². The minimum atomic E-state index is 0.257.